The predicted octanol–water partition coefficient (Wildman–Crippen LogP) is 2.36. The van der Waals surface area contributed by atoms with Crippen molar-refractivity contribution in [2.45, 2.75) is 30.7 Å². The van der Waals surface area contributed by atoms with E-state index in [2.05, 4.69) is 4.72 Å². The average Bonchev–Trinajstić information content (AvgIpc) is 2.64. The molecule has 6 nitrogen and oxygen atoms in total. The number of nitrogens with two attached hydrogens (primary N) is 1. The zero-order valence-electron chi connectivity index (χ0n) is 14.7. The summed E-state index contributed by atoms with van der Waals surface area (Å²) in [6.45, 7) is 3.20. The van der Waals surface area contributed by atoms with Crippen molar-refractivity contribution in [1.29, 1.82) is 0 Å². The molecule has 0 unspecified atom stereocenters. The van der Waals surface area contributed by atoms with Gasteiger partial charge >= 0.3 is 0 Å². The van der Waals surface area contributed by atoms with Gasteiger partial charge in [0.05, 0.1) is 4.90 Å². The molecular formula is C19H23N3O3S. The SMILES string of the molecule is Cc1ccc(NS(=O)(=O)c2ccc(C(=O)N3CCC(N)CC3)cc2)cc1. The number of sulfonamides is 1. The molecular weight excluding hydrogens is 350 g/mol. The molecule has 138 valence electrons. The van der Waals surface area contributed by atoms with Gasteiger partial charge in [0.1, 0.15) is 0 Å². The summed E-state index contributed by atoms with van der Waals surface area (Å²) in [5.74, 6) is -0.0904. The Morgan fingerprint density at radius 2 is 1.62 bits per heavy atom. The number of rotatable bonds is 4. The van der Waals surface area contributed by atoms with E-state index in [1.165, 1.54) is 12.1 Å². The van der Waals surface area contributed by atoms with E-state index in [1.54, 1.807) is 29.2 Å². The lowest BCUT2D eigenvalue weighted by atomic mass is 10.1. The summed E-state index contributed by atoms with van der Waals surface area (Å²) in [5.41, 5.74) is 7.90. The molecule has 1 heterocycles. The van der Waals surface area contributed by atoms with Crippen LogP contribution in [0.15, 0.2) is 53.4 Å². The fourth-order valence-corrected chi connectivity index (χ4v) is 3.96. The lowest BCUT2D eigenvalue weighted by Crippen LogP contribution is -2.42. The number of anilines is 1. The Morgan fingerprint density at radius 3 is 2.19 bits per heavy atom. The highest BCUT2D eigenvalue weighted by Gasteiger charge is 2.22. The molecule has 3 rings (SSSR count). The first kappa shape index (κ1) is 18.4. The van der Waals surface area contributed by atoms with Crippen LogP contribution in [0.5, 0.6) is 0 Å². The molecule has 1 saturated heterocycles. The lowest BCUT2D eigenvalue weighted by Gasteiger charge is -2.30. The number of amides is 1. The fourth-order valence-electron chi connectivity index (χ4n) is 2.90. The van der Waals surface area contributed by atoms with Gasteiger partial charge in [-0.3, -0.25) is 9.52 Å². The Morgan fingerprint density at radius 1 is 1.04 bits per heavy atom. The summed E-state index contributed by atoms with van der Waals surface area (Å²) in [4.78, 5) is 14.4. The van der Waals surface area contributed by atoms with E-state index in [0.717, 1.165) is 18.4 Å². The van der Waals surface area contributed by atoms with Crippen LogP contribution < -0.4 is 10.5 Å². The zero-order chi connectivity index (χ0) is 18.7. The maximum Gasteiger partial charge on any atom is 0.261 e. The summed E-state index contributed by atoms with van der Waals surface area (Å²) in [5, 5.41) is 0. The van der Waals surface area contributed by atoms with Gasteiger partial charge in [0.2, 0.25) is 0 Å². The van der Waals surface area contributed by atoms with Gasteiger partial charge in [-0.25, -0.2) is 8.42 Å². The zero-order valence-corrected chi connectivity index (χ0v) is 15.5. The standard InChI is InChI=1S/C19H23N3O3S/c1-14-2-6-17(7-3-14)21-26(24,25)18-8-4-15(5-9-18)19(23)22-12-10-16(20)11-13-22/h2-9,16,21H,10-13,20H2,1H3. The molecule has 0 aliphatic carbocycles. The highest BCUT2D eigenvalue weighted by molar-refractivity contribution is 7.92. The minimum Gasteiger partial charge on any atom is -0.339 e. The number of nitrogens with one attached hydrogen (secondary N) is 1. The Balaban J connectivity index is 1.72. The number of carbonyl (C=O) groups is 1. The third-order valence-electron chi connectivity index (χ3n) is 4.54. The number of hydrogen-bond acceptors (Lipinski definition) is 4. The van der Waals surface area contributed by atoms with Crippen LogP contribution in [0.25, 0.3) is 0 Å². The van der Waals surface area contributed by atoms with Crippen LogP contribution in [-0.2, 0) is 10.0 Å². The number of nitrogens with zero attached hydrogens (tertiary/aromatic N) is 1. The Hall–Kier alpha value is -2.38. The molecule has 2 aromatic rings. The van der Waals surface area contributed by atoms with Crippen molar-refractivity contribution in [2.75, 3.05) is 17.8 Å². The van der Waals surface area contributed by atoms with Crippen LogP contribution in [-0.4, -0.2) is 38.4 Å². The Bertz CT molecular complexity index is 869. The van der Waals surface area contributed by atoms with E-state index in [0.29, 0.717) is 24.3 Å². The number of aryl methyl sites for hydroxylation is 1. The molecule has 2 aromatic carbocycles. The highest BCUT2D eigenvalue weighted by Crippen LogP contribution is 2.19. The summed E-state index contributed by atoms with van der Waals surface area (Å²) < 4.78 is 27.5. The molecule has 0 spiro atoms. The minimum atomic E-state index is -3.69. The van der Waals surface area contributed by atoms with E-state index in [9.17, 15) is 13.2 Å². The number of carbonyl (C=O) groups excluding carboxylic acids is 1. The molecule has 7 heteroatoms. The molecule has 0 atom stereocenters. The number of hydrogen-bond donors (Lipinski definition) is 2. The largest absolute Gasteiger partial charge is 0.339 e. The number of piperidine rings is 1. The van der Waals surface area contributed by atoms with Crippen molar-refractivity contribution in [3.63, 3.8) is 0 Å². The summed E-state index contributed by atoms with van der Waals surface area (Å²) in [6, 6.07) is 13.3. The van der Waals surface area contributed by atoms with Crippen LogP contribution in [0.2, 0.25) is 0 Å². The average molecular weight is 373 g/mol. The van der Waals surface area contributed by atoms with E-state index in [-0.39, 0.29) is 16.8 Å². The predicted molar refractivity (Wildman–Crippen MR) is 102 cm³/mol. The maximum absolute atomic E-state index is 12.5. The van der Waals surface area contributed by atoms with Crippen LogP contribution >= 0.6 is 0 Å². The molecule has 1 aliphatic rings. The molecule has 1 aliphatic heterocycles. The second-order valence-corrected chi connectivity index (χ2v) is 8.31. The lowest BCUT2D eigenvalue weighted by molar-refractivity contribution is 0.0714. The first-order valence-electron chi connectivity index (χ1n) is 8.59. The van der Waals surface area contributed by atoms with Crippen molar-refractivity contribution in [1.82, 2.24) is 4.90 Å². The second-order valence-electron chi connectivity index (χ2n) is 6.63. The smallest absolute Gasteiger partial charge is 0.261 e. The molecule has 0 radical (unpaired) electrons. The fraction of sp³-hybridized carbons (Fsp3) is 0.316. The van der Waals surface area contributed by atoms with Gasteiger partial charge in [-0.15, -0.1) is 0 Å². The van der Waals surface area contributed by atoms with Gasteiger partial charge < -0.3 is 10.6 Å². The Labute approximate surface area is 154 Å². The van der Waals surface area contributed by atoms with Gasteiger partial charge in [0.15, 0.2) is 0 Å². The van der Waals surface area contributed by atoms with Gasteiger partial charge in [-0.05, 0) is 56.2 Å². The molecule has 0 saturated carbocycles. The monoisotopic (exact) mass is 373 g/mol. The van der Waals surface area contributed by atoms with Crippen molar-refractivity contribution < 1.29 is 13.2 Å². The van der Waals surface area contributed by atoms with E-state index in [1.807, 2.05) is 19.1 Å². The van der Waals surface area contributed by atoms with E-state index < -0.39 is 10.0 Å². The van der Waals surface area contributed by atoms with Crippen molar-refractivity contribution in [2.24, 2.45) is 5.73 Å². The number of likely N-dealkylation sites (tertiary alicyclic amines) is 1. The highest BCUT2D eigenvalue weighted by atomic mass is 32.2. The maximum atomic E-state index is 12.5. The van der Waals surface area contributed by atoms with E-state index in [4.69, 9.17) is 5.73 Å². The van der Waals surface area contributed by atoms with Crippen LogP contribution in [0.1, 0.15) is 28.8 Å². The molecule has 0 bridgehead atoms. The van der Waals surface area contributed by atoms with Crippen LogP contribution in [0.4, 0.5) is 5.69 Å². The number of benzene rings is 2. The third-order valence-corrected chi connectivity index (χ3v) is 5.94. The molecule has 1 fully saturated rings. The first-order chi connectivity index (χ1) is 12.3. The first-order valence-corrected chi connectivity index (χ1v) is 10.1. The second kappa shape index (κ2) is 7.47. The third kappa shape index (κ3) is 4.23. The van der Waals surface area contributed by atoms with Crippen LogP contribution in [0.3, 0.4) is 0 Å². The van der Waals surface area contributed by atoms with Gasteiger partial charge in [-0.1, -0.05) is 17.7 Å². The van der Waals surface area contributed by atoms with Crippen LogP contribution in [0, 0.1) is 6.92 Å². The molecule has 3 N–H and O–H groups in total. The van der Waals surface area contributed by atoms with Crippen molar-refractivity contribution in [3.8, 4) is 0 Å². The molecule has 26 heavy (non-hydrogen) atoms. The van der Waals surface area contributed by atoms with E-state index >= 15 is 0 Å². The van der Waals surface area contributed by atoms with Gasteiger partial charge in [0, 0.05) is 30.4 Å². The van der Waals surface area contributed by atoms with Gasteiger partial charge in [-0.2, -0.15) is 0 Å². The van der Waals surface area contributed by atoms with Crippen molar-refractivity contribution in [3.05, 3.63) is 59.7 Å². The molecule has 0 aromatic heterocycles. The van der Waals surface area contributed by atoms with Crippen molar-refractivity contribution >= 4 is 21.6 Å². The Kier molecular flexibility index (Phi) is 5.29. The molecule has 1 amide bonds. The quantitative estimate of drug-likeness (QED) is 0.860. The minimum absolute atomic E-state index is 0.0904. The summed E-state index contributed by atoms with van der Waals surface area (Å²) in [6.07, 6.45) is 1.58. The van der Waals surface area contributed by atoms with Gasteiger partial charge in [0.25, 0.3) is 15.9 Å². The topological polar surface area (TPSA) is 92.5 Å². The summed E-state index contributed by atoms with van der Waals surface area (Å²) >= 11 is 0. The normalized spacial score (nSPS) is 15.7. The summed E-state index contributed by atoms with van der Waals surface area (Å²) in [7, 11) is -3.69.